The molecule has 4 rings (SSSR count). The zero-order valence-corrected chi connectivity index (χ0v) is 21.4. The lowest BCUT2D eigenvalue weighted by atomic mass is 9.95. The highest BCUT2D eigenvalue weighted by Gasteiger charge is 2.47. The van der Waals surface area contributed by atoms with E-state index < -0.39 is 17.7 Å². The van der Waals surface area contributed by atoms with Crippen molar-refractivity contribution in [1.82, 2.24) is 0 Å². The van der Waals surface area contributed by atoms with E-state index in [2.05, 4.69) is 0 Å². The summed E-state index contributed by atoms with van der Waals surface area (Å²) in [5.74, 6) is -0.0917. The standard InChI is InChI=1S/C30H31NO6/c1-5-15-36-24-13-7-10-21(17-24)28(32)26-27(20-9-6-14-25(16-20)37-19(2)3)31(30(34)29(26)33)22-11-8-12-23(18-22)35-4/h6-14,16-19,27,32H,5,15H2,1-4H3/b28-26+. The van der Waals surface area contributed by atoms with Crippen molar-refractivity contribution >= 4 is 23.1 Å². The Morgan fingerprint density at radius 3 is 2.38 bits per heavy atom. The normalized spacial score (nSPS) is 16.8. The first-order chi connectivity index (χ1) is 17.8. The van der Waals surface area contributed by atoms with Crippen LogP contribution >= 0.6 is 0 Å². The summed E-state index contributed by atoms with van der Waals surface area (Å²) in [6.45, 7) is 6.36. The van der Waals surface area contributed by atoms with E-state index >= 15 is 0 Å². The van der Waals surface area contributed by atoms with Crippen LogP contribution in [0.4, 0.5) is 5.69 Å². The lowest BCUT2D eigenvalue weighted by Gasteiger charge is -2.26. The number of aliphatic hydroxyl groups excluding tert-OH is 1. The fourth-order valence-electron chi connectivity index (χ4n) is 4.31. The minimum Gasteiger partial charge on any atom is -0.507 e. The second kappa shape index (κ2) is 11.2. The number of rotatable bonds is 9. The molecule has 0 saturated carbocycles. The maximum atomic E-state index is 13.5. The number of amides is 1. The first-order valence-electron chi connectivity index (χ1n) is 12.3. The van der Waals surface area contributed by atoms with Gasteiger partial charge in [0.1, 0.15) is 23.0 Å². The molecule has 0 radical (unpaired) electrons. The van der Waals surface area contributed by atoms with Gasteiger partial charge < -0.3 is 19.3 Å². The van der Waals surface area contributed by atoms with E-state index in [0.717, 1.165) is 6.42 Å². The van der Waals surface area contributed by atoms with E-state index in [1.165, 1.54) is 12.0 Å². The number of Topliss-reactive ketones (excluding diaryl/α,β-unsaturated/α-hetero) is 1. The monoisotopic (exact) mass is 501 g/mol. The molecule has 0 bridgehead atoms. The van der Waals surface area contributed by atoms with E-state index in [0.29, 0.717) is 40.7 Å². The van der Waals surface area contributed by atoms with Gasteiger partial charge in [0.05, 0.1) is 31.4 Å². The summed E-state index contributed by atoms with van der Waals surface area (Å²) < 4.78 is 16.9. The third-order valence-corrected chi connectivity index (χ3v) is 5.90. The molecule has 0 aromatic heterocycles. The zero-order valence-electron chi connectivity index (χ0n) is 21.4. The number of carbonyl (C=O) groups excluding carboxylic acids is 2. The summed E-state index contributed by atoms with van der Waals surface area (Å²) in [5, 5.41) is 11.4. The van der Waals surface area contributed by atoms with Crippen molar-refractivity contribution in [2.45, 2.75) is 39.3 Å². The smallest absolute Gasteiger partial charge is 0.300 e. The van der Waals surface area contributed by atoms with E-state index in [9.17, 15) is 14.7 Å². The van der Waals surface area contributed by atoms with Gasteiger partial charge >= 0.3 is 0 Å². The minimum atomic E-state index is -0.886. The lowest BCUT2D eigenvalue weighted by Crippen LogP contribution is -2.29. The van der Waals surface area contributed by atoms with Crippen LogP contribution in [-0.4, -0.2) is 36.6 Å². The van der Waals surface area contributed by atoms with Crippen molar-refractivity contribution in [3.8, 4) is 17.2 Å². The molecule has 1 saturated heterocycles. The maximum absolute atomic E-state index is 13.5. The van der Waals surface area contributed by atoms with Gasteiger partial charge in [-0.25, -0.2) is 0 Å². The molecule has 0 spiro atoms. The molecule has 1 unspecified atom stereocenters. The molecule has 1 aliphatic heterocycles. The molecule has 1 heterocycles. The highest BCUT2D eigenvalue weighted by molar-refractivity contribution is 6.51. The summed E-state index contributed by atoms with van der Waals surface area (Å²) in [6.07, 6.45) is 0.766. The molecule has 1 aliphatic rings. The van der Waals surface area contributed by atoms with Crippen molar-refractivity contribution in [2.75, 3.05) is 18.6 Å². The van der Waals surface area contributed by atoms with E-state index in [1.807, 2.05) is 32.9 Å². The Morgan fingerprint density at radius 1 is 0.946 bits per heavy atom. The first-order valence-corrected chi connectivity index (χ1v) is 12.3. The summed E-state index contributed by atoms with van der Waals surface area (Å²) >= 11 is 0. The molecule has 1 atom stereocenters. The number of hydrogen-bond donors (Lipinski definition) is 1. The Balaban J connectivity index is 1.90. The Hall–Kier alpha value is -4.26. The van der Waals surface area contributed by atoms with Gasteiger partial charge in [0.2, 0.25) is 0 Å². The summed E-state index contributed by atoms with van der Waals surface area (Å²) in [5.41, 5.74) is 1.47. The van der Waals surface area contributed by atoms with Crippen LogP contribution in [0, 0.1) is 0 Å². The van der Waals surface area contributed by atoms with Gasteiger partial charge in [-0.15, -0.1) is 0 Å². The van der Waals surface area contributed by atoms with Gasteiger partial charge in [0.25, 0.3) is 11.7 Å². The predicted octanol–water partition coefficient (Wildman–Crippen LogP) is 5.90. The maximum Gasteiger partial charge on any atom is 0.300 e. The number of ketones is 1. The number of nitrogens with zero attached hydrogens (tertiary/aromatic N) is 1. The number of hydrogen-bond acceptors (Lipinski definition) is 6. The highest BCUT2D eigenvalue weighted by Crippen LogP contribution is 2.43. The predicted molar refractivity (Wildman–Crippen MR) is 142 cm³/mol. The topological polar surface area (TPSA) is 85.3 Å². The second-order valence-electron chi connectivity index (χ2n) is 8.99. The van der Waals surface area contributed by atoms with Gasteiger partial charge in [-0.05, 0) is 62.2 Å². The Labute approximate surface area is 216 Å². The number of ether oxygens (including phenoxy) is 3. The largest absolute Gasteiger partial charge is 0.507 e. The second-order valence-corrected chi connectivity index (χ2v) is 8.99. The summed E-state index contributed by atoms with van der Waals surface area (Å²) in [6, 6.07) is 20.1. The van der Waals surface area contributed by atoms with Crippen LogP contribution in [0.2, 0.25) is 0 Å². The van der Waals surface area contributed by atoms with E-state index in [-0.39, 0.29) is 17.4 Å². The first kappa shape index (κ1) is 25.8. The SMILES string of the molecule is CCCOc1cccc(/C(O)=C2\C(=O)C(=O)N(c3cccc(OC)c3)C2c2cccc(OC(C)C)c2)c1. The molecular weight excluding hydrogens is 470 g/mol. The molecule has 7 heteroatoms. The van der Waals surface area contributed by atoms with Crippen molar-refractivity contribution in [2.24, 2.45) is 0 Å². The van der Waals surface area contributed by atoms with Crippen LogP contribution in [0.15, 0.2) is 78.4 Å². The van der Waals surface area contributed by atoms with Gasteiger partial charge in [0.15, 0.2) is 0 Å². The number of aliphatic hydroxyl groups is 1. The fraction of sp³-hybridized carbons (Fsp3) is 0.267. The summed E-state index contributed by atoms with van der Waals surface area (Å²) in [4.78, 5) is 28.3. The molecule has 0 aliphatic carbocycles. The van der Waals surface area contributed by atoms with Crippen LogP contribution in [-0.2, 0) is 9.59 Å². The molecule has 3 aromatic carbocycles. The molecule has 37 heavy (non-hydrogen) atoms. The quantitative estimate of drug-likeness (QED) is 0.223. The third kappa shape index (κ3) is 5.45. The van der Waals surface area contributed by atoms with E-state index in [4.69, 9.17) is 14.2 Å². The fourth-order valence-corrected chi connectivity index (χ4v) is 4.31. The average Bonchev–Trinajstić information content (AvgIpc) is 3.17. The molecule has 3 aromatic rings. The van der Waals surface area contributed by atoms with Crippen LogP contribution in [0.5, 0.6) is 17.2 Å². The van der Waals surface area contributed by atoms with Gasteiger partial charge in [-0.3, -0.25) is 14.5 Å². The van der Waals surface area contributed by atoms with Gasteiger partial charge in [-0.2, -0.15) is 0 Å². The Kier molecular flexibility index (Phi) is 7.82. The number of methoxy groups -OCH3 is 1. The van der Waals surface area contributed by atoms with E-state index in [1.54, 1.807) is 60.7 Å². The average molecular weight is 502 g/mol. The molecule has 1 amide bonds. The summed E-state index contributed by atoms with van der Waals surface area (Å²) in [7, 11) is 1.53. The van der Waals surface area contributed by atoms with Gasteiger partial charge in [-0.1, -0.05) is 37.3 Å². The highest BCUT2D eigenvalue weighted by atomic mass is 16.5. The number of benzene rings is 3. The molecule has 7 nitrogen and oxygen atoms in total. The lowest BCUT2D eigenvalue weighted by molar-refractivity contribution is -0.132. The number of anilines is 1. The van der Waals surface area contributed by atoms with Crippen LogP contribution in [0.3, 0.4) is 0 Å². The molecule has 1 fully saturated rings. The van der Waals surface area contributed by atoms with Crippen LogP contribution in [0.1, 0.15) is 44.4 Å². The third-order valence-electron chi connectivity index (χ3n) is 5.90. The number of carbonyl (C=O) groups is 2. The Bertz CT molecular complexity index is 1330. The van der Waals surface area contributed by atoms with Crippen molar-refractivity contribution < 1.29 is 28.9 Å². The minimum absolute atomic E-state index is 0.0119. The molecular formula is C30H31NO6. The van der Waals surface area contributed by atoms with Crippen molar-refractivity contribution in [3.05, 3.63) is 89.5 Å². The van der Waals surface area contributed by atoms with Crippen LogP contribution < -0.4 is 19.1 Å². The Morgan fingerprint density at radius 2 is 1.65 bits per heavy atom. The van der Waals surface area contributed by atoms with Crippen molar-refractivity contribution in [3.63, 3.8) is 0 Å². The van der Waals surface area contributed by atoms with Gasteiger partial charge in [0, 0.05) is 17.3 Å². The molecule has 192 valence electrons. The zero-order chi connectivity index (χ0) is 26.5. The van der Waals surface area contributed by atoms with Crippen LogP contribution in [0.25, 0.3) is 5.76 Å². The van der Waals surface area contributed by atoms with Crippen molar-refractivity contribution in [1.29, 1.82) is 0 Å². The molecule has 1 N–H and O–H groups in total.